The lowest BCUT2D eigenvalue weighted by molar-refractivity contribution is -0.140. The van der Waals surface area contributed by atoms with Gasteiger partial charge in [-0.25, -0.2) is 0 Å². The first-order valence-corrected chi connectivity index (χ1v) is 7.26. The van der Waals surface area contributed by atoms with Crippen molar-refractivity contribution in [1.29, 1.82) is 5.26 Å². The topological polar surface area (TPSA) is 96.4 Å². The molecule has 2 amide bonds. The molecule has 0 aromatic heterocycles. The van der Waals surface area contributed by atoms with E-state index in [2.05, 4.69) is 0 Å². The van der Waals surface area contributed by atoms with Gasteiger partial charge >= 0.3 is 0 Å². The van der Waals surface area contributed by atoms with Gasteiger partial charge in [0.15, 0.2) is 6.10 Å². The molecule has 1 saturated heterocycles. The highest BCUT2D eigenvalue weighted by Crippen LogP contribution is 2.19. The van der Waals surface area contributed by atoms with Crippen LogP contribution in [0.15, 0.2) is 24.3 Å². The van der Waals surface area contributed by atoms with Crippen LogP contribution < -0.4 is 10.5 Å². The number of likely N-dealkylation sites (tertiary alicyclic amines) is 1. The number of nitrogens with two attached hydrogens (primary N) is 1. The third-order valence-electron chi connectivity index (χ3n) is 3.85. The number of ether oxygens (including phenoxy) is 1. The molecule has 22 heavy (non-hydrogen) atoms. The normalized spacial score (nSPS) is 16.6. The maximum Gasteiger partial charge on any atom is 0.263 e. The Balaban J connectivity index is 1.89. The van der Waals surface area contributed by atoms with Crippen molar-refractivity contribution in [3.63, 3.8) is 0 Å². The molecule has 1 heterocycles. The van der Waals surface area contributed by atoms with Gasteiger partial charge < -0.3 is 15.4 Å². The SMILES string of the molecule is C[C@H](Oc1ccc(C#N)cc1)C(=O)N1CCC(C(N)=O)CC1. The van der Waals surface area contributed by atoms with E-state index in [-0.39, 0.29) is 17.7 Å². The molecule has 0 radical (unpaired) electrons. The number of primary amides is 1. The van der Waals surface area contributed by atoms with Crippen LogP contribution in [0.5, 0.6) is 5.75 Å². The smallest absolute Gasteiger partial charge is 0.263 e. The highest BCUT2D eigenvalue weighted by atomic mass is 16.5. The first kappa shape index (κ1) is 15.8. The fraction of sp³-hybridized carbons (Fsp3) is 0.438. The molecule has 0 aliphatic carbocycles. The number of amides is 2. The Labute approximate surface area is 129 Å². The number of rotatable bonds is 4. The number of nitrogens with zero attached hydrogens (tertiary/aromatic N) is 2. The van der Waals surface area contributed by atoms with Gasteiger partial charge in [0, 0.05) is 19.0 Å². The minimum Gasteiger partial charge on any atom is -0.481 e. The molecular weight excluding hydrogens is 282 g/mol. The largest absolute Gasteiger partial charge is 0.481 e. The molecule has 6 nitrogen and oxygen atoms in total. The number of carbonyl (C=O) groups is 2. The summed E-state index contributed by atoms with van der Waals surface area (Å²) in [6.45, 7) is 2.74. The second-order valence-corrected chi connectivity index (χ2v) is 5.40. The van der Waals surface area contributed by atoms with Gasteiger partial charge in [-0.15, -0.1) is 0 Å². The summed E-state index contributed by atoms with van der Waals surface area (Å²) in [6, 6.07) is 8.65. The average Bonchev–Trinajstić information content (AvgIpc) is 2.55. The lowest BCUT2D eigenvalue weighted by Gasteiger charge is -2.32. The molecule has 0 unspecified atom stereocenters. The molecule has 1 fully saturated rings. The number of nitriles is 1. The summed E-state index contributed by atoms with van der Waals surface area (Å²) in [5.74, 6) is 0.00642. The second kappa shape index (κ2) is 6.94. The summed E-state index contributed by atoms with van der Waals surface area (Å²) >= 11 is 0. The molecule has 0 bridgehead atoms. The quantitative estimate of drug-likeness (QED) is 0.899. The van der Waals surface area contributed by atoms with E-state index in [0.717, 1.165) is 0 Å². The molecule has 2 rings (SSSR count). The van der Waals surface area contributed by atoms with Crippen molar-refractivity contribution in [3.8, 4) is 11.8 Å². The van der Waals surface area contributed by atoms with Crippen LogP contribution in [-0.2, 0) is 9.59 Å². The number of hydrogen-bond donors (Lipinski definition) is 1. The van der Waals surface area contributed by atoms with Crippen LogP contribution in [0.4, 0.5) is 0 Å². The van der Waals surface area contributed by atoms with Gasteiger partial charge in [0.2, 0.25) is 5.91 Å². The van der Waals surface area contributed by atoms with Gasteiger partial charge in [-0.1, -0.05) is 0 Å². The second-order valence-electron chi connectivity index (χ2n) is 5.40. The average molecular weight is 301 g/mol. The van der Waals surface area contributed by atoms with Gasteiger partial charge in [-0.05, 0) is 44.0 Å². The molecule has 0 spiro atoms. The summed E-state index contributed by atoms with van der Waals surface area (Å²) in [6.07, 6.45) is 0.591. The van der Waals surface area contributed by atoms with Crippen LogP contribution in [0.2, 0.25) is 0 Å². The highest BCUT2D eigenvalue weighted by molar-refractivity contribution is 5.82. The fourth-order valence-electron chi connectivity index (χ4n) is 2.50. The maximum absolute atomic E-state index is 12.3. The van der Waals surface area contributed by atoms with E-state index in [1.165, 1.54) is 0 Å². The third kappa shape index (κ3) is 3.76. The van der Waals surface area contributed by atoms with Crippen LogP contribution in [0.3, 0.4) is 0 Å². The van der Waals surface area contributed by atoms with E-state index in [0.29, 0.717) is 37.2 Å². The van der Waals surface area contributed by atoms with Gasteiger partial charge in [0.1, 0.15) is 5.75 Å². The molecule has 6 heteroatoms. The molecule has 1 aromatic carbocycles. The summed E-state index contributed by atoms with van der Waals surface area (Å²) in [4.78, 5) is 25.2. The van der Waals surface area contributed by atoms with Crippen molar-refractivity contribution < 1.29 is 14.3 Å². The number of benzene rings is 1. The van der Waals surface area contributed by atoms with Crippen molar-refractivity contribution in [3.05, 3.63) is 29.8 Å². The van der Waals surface area contributed by atoms with Crippen molar-refractivity contribution >= 4 is 11.8 Å². The zero-order chi connectivity index (χ0) is 16.1. The minimum absolute atomic E-state index is 0.104. The highest BCUT2D eigenvalue weighted by Gasteiger charge is 2.28. The maximum atomic E-state index is 12.3. The molecule has 2 N–H and O–H groups in total. The Morgan fingerprint density at radius 2 is 1.91 bits per heavy atom. The number of hydrogen-bond acceptors (Lipinski definition) is 4. The Bertz CT molecular complexity index is 584. The monoisotopic (exact) mass is 301 g/mol. The first-order chi connectivity index (χ1) is 10.5. The third-order valence-corrected chi connectivity index (χ3v) is 3.85. The summed E-state index contributed by atoms with van der Waals surface area (Å²) < 4.78 is 5.61. The summed E-state index contributed by atoms with van der Waals surface area (Å²) in [7, 11) is 0. The molecule has 116 valence electrons. The standard InChI is InChI=1S/C16H19N3O3/c1-11(22-14-4-2-12(10-17)3-5-14)16(21)19-8-6-13(7-9-19)15(18)20/h2-5,11,13H,6-9H2,1H3,(H2,18,20)/t11-/m0/s1. The van der Waals surface area contributed by atoms with Crippen molar-refractivity contribution in [1.82, 2.24) is 4.90 Å². The minimum atomic E-state index is -0.613. The van der Waals surface area contributed by atoms with Crippen LogP contribution in [0.1, 0.15) is 25.3 Å². The molecule has 1 aliphatic heterocycles. The van der Waals surface area contributed by atoms with Crippen molar-refractivity contribution in [2.45, 2.75) is 25.9 Å². The predicted molar refractivity (Wildman–Crippen MR) is 79.7 cm³/mol. The van der Waals surface area contributed by atoms with Crippen LogP contribution in [0.25, 0.3) is 0 Å². The van der Waals surface area contributed by atoms with Crippen LogP contribution in [-0.4, -0.2) is 35.9 Å². The zero-order valence-electron chi connectivity index (χ0n) is 12.5. The summed E-state index contributed by atoms with van der Waals surface area (Å²) in [5.41, 5.74) is 5.83. The van der Waals surface area contributed by atoms with Crippen molar-refractivity contribution in [2.75, 3.05) is 13.1 Å². The van der Waals surface area contributed by atoms with E-state index < -0.39 is 6.10 Å². The Hall–Kier alpha value is -2.55. The Kier molecular flexibility index (Phi) is 4.99. The number of piperidine rings is 1. The lowest BCUT2D eigenvalue weighted by atomic mass is 9.96. The molecule has 1 aliphatic rings. The predicted octanol–water partition coefficient (Wildman–Crippen LogP) is 1.05. The van der Waals surface area contributed by atoms with E-state index >= 15 is 0 Å². The Morgan fingerprint density at radius 3 is 2.41 bits per heavy atom. The van der Waals surface area contributed by atoms with Crippen LogP contribution >= 0.6 is 0 Å². The lowest BCUT2D eigenvalue weighted by Crippen LogP contribution is -2.46. The van der Waals surface area contributed by atoms with Crippen LogP contribution in [0, 0.1) is 17.2 Å². The van der Waals surface area contributed by atoms with Gasteiger partial charge in [-0.3, -0.25) is 9.59 Å². The van der Waals surface area contributed by atoms with E-state index in [9.17, 15) is 9.59 Å². The Morgan fingerprint density at radius 1 is 1.32 bits per heavy atom. The zero-order valence-corrected chi connectivity index (χ0v) is 12.5. The first-order valence-electron chi connectivity index (χ1n) is 7.26. The molecular formula is C16H19N3O3. The summed E-state index contributed by atoms with van der Waals surface area (Å²) in [5, 5.41) is 8.74. The fourth-order valence-corrected chi connectivity index (χ4v) is 2.50. The van der Waals surface area contributed by atoms with Gasteiger partial charge in [0.05, 0.1) is 11.6 Å². The van der Waals surface area contributed by atoms with Crippen molar-refractivity contribution in [2.24, 2.45) is 11.7 Å². The van der Waals surface area contributed by atoms with E-state index in [1.807, 2.05) is 6.07 Å². The number of carbonyl (C=O) groups excluding carboxylic acids is 2. The van der Waals surface area contributed by atoms with Gasteiger partial charge in [0.25, 0.3) is 5.91 Å². The van der Waals surface area contributed by atoms with E-state index in [1.54, 1.807) is 36.1 Å². The molecule has 1 aromatic rings. The van der Waals surface area contributed by atoms with E-state index in [4.69, 9.17) is 15.7 Å². The molecule has 1 atom stereocenters. The van der Waals surface area contributed by atoms with Gasteiger partial charge in [-0.2, -0.15) is 5.26 Å². The molecule has 0 saturated carbocycles.